The number of benzene rings is 2. The molecule has 9 heteroatoms. The van der Waals surface area contributed by atoms with E-state index >= 15 is 0 Å². The summed E-state index contributed by atoms with van der Waals surface area (Å²) in [7, 11) is -4.08. The Morgan fingerprint density at radius 3 is 2.30 bits per heavy atom. The summed E-state index contributed by atoms with van der Waals surface area (Å²) in [5.74, 6) is 0. The first-order chi connectivity index (χ1) is 12.5. The second-order valence-corrected chi connectivity index (χ2v) is 8.77. The standard InChI is InChI=1S/C18H20N2O6S/c1-18(2,3)26-17(21)19-16(13-8-7-9-14(12-13)20(22)23)27(24,25)15-10-5-4-6-11-15/h4-12,16H,1-3H3,(H,19,21). The monoisotopic (exact) mass is 392 g/mol. The lowest BCUT2D eigenvalue weighted by Crippen LogP contribution is -2.38. The van der Waals surface area contributed by atoms with Gasteiger partial charge in [0.25, 0.3) is 5.69 Å². The van der Waals surface area contributed by atoms with Crippen LogP contribution in [0, 0.1) is 10.1 Å². The summed E-state index contributed by atoms with van der Waals surface area (Å²) >= 11 is 0. The largest absolute Gasteiger partial charge is 0.444 e. The molecule has 0 saturated heterocycles. The van der Waals surface area contributed by atoms with Crippen molar-refractivity contribution in [1.82, 2.24) is 5.32 Å². The van der Waals surface area contributed by atoms with Crippen LogP contribution < -0.4 is 5.32 Å². The molecule has 27 heavy (non-hydrogen) atoms. The molecule has 0 aliphatic heterocycles. The SMILES string of the molecule is CC(C)(C)OC(=O)NC(c1cccc([N+](=O)[O-])c1)S(=O)(=O)c1ccccc1. The van der Waals surface area contributed by atoms with Crippen LogP contribution in [0.5, 0.6) is 0 Å². The Labute approximate surface area is 157 Å². The molecule has 1 amide bonds. The smallest absolute Gasteiger partial charge is 0.408 e. The zero-order valence-corrected chi connectivity index (χ0v) is 15.9. The summed E-state index contributed by atoms with van der Waals surface area (Å²) in [5.41, 5.74) is -1.07. The molecular weight excluding hydrogens is 372 g/mol. The Kier molecular flexibility index (Phi) is 5.85. The van der Waals surface area contributed by atoms with E-state index in [4.69, 9.17) is 4.74 Å². The number of carbonyl (C=O) groups is 1. The van der Waals surface area contributed by atoms with Gasteiger partial charge >= 0.3 is 6.09 Å². The number of rotatable bonds is 5. The van der Waals surface area contributed by atoms with Crippen molar-refractivity contribution >= 4 is 21.6 Å². The number of nitrogens with zero attached hydrogens (tertiary/aromatic N) is 1. The Morgan fingerprint density at radius 1 is 1.11 bits per heavy atom. The van der Waals surface area contributed by atoms with E-state index in [1.807, 2.05) is 0 Å². The number of sulfone groups is 1. The molecular formula is C18H20N2O6S. The quantitative estimate of drug-likeness (QED) is 0.614. The van der Waals surface area contributed by atoms with E-state index in [0.717, 1.165) is 6.07 Å². The average Bonchev–Trinajstić information content (AvgIpc) is 2.59. The molecule has 8 nitrogen and oxygen atoms in total. The lowest BCUT2D eigenvalue weighted by Gasteiger charge is -2.24. The van der Waals surface area contributed by atoms with Gasteiger partial charge in [-0.05, 0) is 38.5 Å². The molecule has 2 aromatic carbocycles. The Hall–Kier alpha value is -2.94. The summed E-state index contributed by atoms with van der Waals surface area (Å²) in [6.07, 6.45) is -0.946. The maximum Gasteiger partial charge on any atom is 0.408 e. The van der Waals surface area contributed by atoms with Crippen molar-refractivity contribution in [3.63, 3.8) is 0 Å². The van der Waals surface area contributed by atoms with E-state index in [-0.39, 0.29) is 16.1 Å². The van der Waals surface area contributed by atoms with Crippen LogP contribution in [0.15, 0.2) is 59.5 Å². The number of alkyl carbamates (subject to hydrolysis) is 1. The van der Waals surface area contributed by atoms with E-state index in [2.05, 4.69) is 5.32 Å². The lowest BCUT2D eigenvalue weighted by atomic mass is 10.2. The number of amides is 1. The zero-order chi connectivity index (χ0) is 20.2. The summed E-state index contributed by atoms with van der Waals surface area (Å²) in [6, 6.07) is 12.6. The maximum absolute atomic E-state index is 13.1. The molecule has 1 unspecified atom stereocenters. The van der Waals surface area contributed by atoms with Crippen molar-refractivity contribution in [2.24, 2.45) is 0 Å². The molecule has 1 atom stereocenters. The van der Waals surface area contributed by atoms with Crippen LogP contribution in [0.25, 0.3) is 0 Å². The highest BCUT2D eigenvalue weighted by molar-refractivity contribution is 7.91. The molecule has 0 aliphatic rings. The summed E-state index contributed by atoms with van der Waals surface area (Å²) < 4.78 is 31.3. The fourth-order valence-corrected chi connectivity index (χ4v) is 3.87. The minimum Gasteiger partial charge on any atom is -0.444 e. The number of ether oxygens (including phenoxy) is 1. The first-order valence-electron chi connectivity index (χ1n) is 8.03. The molecule has 0 spiro atoms. The van der Waals surface area contributed by atoms with E-state index < -0.39 is 31.8 Å². The molecule has 0 aliphatic carbocycles. The molecule has 0 saturated carbocycles. The van der Waals surface area contributed by atoms with Gasteiger partial charge in [-0.1, -0.05) is 30.3 Å². The highest BCUT2D eigenvalue weighted by Gasteiger charge is 2.33. The van der Waals surface area contributed by atoms with Gasteiger partial charge in [-0.3, -0.25) is 10.1 Å². The highest BCUT2D eigenvalue weighted by atomic mass is 32.2. The molecule has 0 heterocycles. The molecule has 0 aromatic heterocycles. The van der Waals surface area contributed by atoms with Crippen molar-refractivity contribution in [3.8, 4) is 0 Å². The Morgan fingerprint density at radius 2 is 1.74 bits per heavy atom. The predicted molar refractivity (Wildman–Crippen MR) is 98.8 cm³/mol. The molecule has 0 fully saturated rings. The van der Waals surface area contributed by atoms with Crippen LogP contribution in [-0.4, -0.2) is 25.0 Å². The van der Waals surface area contributed by atoms with Crippen molar-refractivity contribution in [3.05, 3.63) is 70.3 Å². The fraction of sp³-hybridized carbons (Fsp3) is 0.278. The number of non-ortho nitro benzene ring substituents is 1. The van der Waals surface area contributed by atoms with Crippen LogP contribution in [0.3, 0.4) is 0 Å². The second-order valence-electron chi connectivity index (χ2n) is 6.74. The number of carbonyl (C=O) groups excluding carboxylic acids is 1. The van der Waals surface area contributed by atoms with Crippen molar-refractivity contribution in [2.75, 3.05) is 0 Å². The maximum atomic E-state index is 13.1. The van der Waals surface area contributed by atoms with Gasteiger partial charge in [-0.15, -0.1) is 0 Å². The number of nitrogens with one attached hydrogen (secondary N) is 1. The molecule has 2 aromatic rings. The molecule has 144 valence electrons. The first kappa shape index (κ1) is 20.4. The summed E-state index contributed by atoms with van der Waals surface area (Å²) in [4.78, 5) is 22.6. The van der Waals surface area contributed by atoms with E-state index in [9.17, 15) is 23.3 Å². The molecule has 1 N–H and O–H groups in total. The number of hydrogen-bond donors (Lipinski definition) is 1. The fourth-order valence-electron chi connectivity index (χ4n) is 2.30. The van der Waals surface area contributed by atoms with Gasteiger partial charge < -0.3 is 10.1 Å². The minimum absolute atomic E-state index is 0.0300. The van der Waals surface area contributed by atoms with Gasteiger partial charge in [0, 0.05) is 12.1 Å². The van der Waals surface area contributed by atoms with Crippen LogP contribution in [0.2, 0.25) is 0 Å². The topological polar surface area (TPSA) is 116 Å². The highest BCUT2D eigenvalue weighted by Crippen LogP contribution is 2.29. The van der Waals surface area contributed by atoms with E-state index in [1.54, 1.807) is 39.0 Å². The predicted octanol–water partition coefficient (Wildman–Crippen LogP) is 3.59. The Bertz CT molecular complexity index is 936. The van der Waals surface area contributed by atoms with Gasteiger partial charge in [-0.25, -0.2) is 13.2 Å². The summed E-state index contributed by atoms with van der Waals surface area (Å²) in [5, 5.41) is 11.8. The van der Waals surface area contributed by atoms with Crippen LogP contribution in [0.1, 0.15) is 31.7 Å². The average molecular weight is 392 g/mol. The van der Waals surface area contributed by atoms with Gasteiger partial charge in [0.05, 0.1) is 9.82 Å². The Balaban J connectivity index is 2.51. The first-order valence-corrected chi connectivity index (χ1v) is 9.58. The molecule has 2 rings (SSSR count). The van der Waals surface area contributed by atoms with E-state index in [1.165, 1.54) is 30.3 Å². The van der Waals surface area contributed by atoms with Crippen LogP contribution >= 0.6 is 0 Å². The third-order valence-corrected chi connectivity index (χ3v) is 5.35. The normalized spacial score (nSPS) is 12.9. The molecule has 0 radical (unpaired) electrons. The van der Waals surface area contributed by atoms with Gasteiger partial charge in [0.2, 0.25) is 9.84 Å². The van der Waals surface area contributed by atoms with Gasteiger partial charge in [0.15, 0.2) is 5.37 Å². The second kappa shape index (κ2) is 7.75. The van der Waals surface area contributed by atoms with Crippen molar-refractivity contribution in [2.45, 2.75) is 36.6 Å². The number of nitro groups is 1. The lowest BCUT2D eigenvalue weighted by molar-refractivity contribution is -0.384. The number of hydrogen-bond acceptors (Lipinski definition) is 6. The van der Waals surface area contributed by atoms with Crippen molar-refractivity contribution < 1.29 is 22.9 Å². The van der Waals surface area contributed by atoms with Crippen molar-refractivity contribution in [1.29, 1.82) is 0 Å². The third kappa shape index (κ3) is 5.27. The minimum atomic E-state index is -4.08. The van der Waals surface area contributed by atoms with Crippen LogP contribution in [-0.2, 0) is 14.6 Å². The van der Waals surface area contributed by atoms with E-state index in [0.29, 0.717) is 0 Å². The number of nitro benzene ring substituents is 1. The molecule has 0 bridgehead atoms. The summed E-state index contributed by atoms with van der Waals surface area (Å²) in [6.45, 7) is 4.92. The zero-order valence-electron chi connectivity index (χ0n) is 15.1. The van der Waals surface area contributed by atoms with Gasteiger partial charge in [0.1, 0.15) is 5.60 Å². The van der Waals surface area contributed by atoms with Crippen LogP contribution in [0.4, 0.5) is 10.5 Å². The third-order valence-electron chi connectivity index (χ3n) is 3.41. The van der Waals surface area contributed by atoms with Gasteiger partial charge in [-0.2, -0.15) is 0 Å².